The molecule has 0 saturated carbocycles. The van der Waals surface area contributed by atoms with Gasteiger partial charge < -0.3 is 14.5 Å². The van der Waals surface area contributed by atoms with E-state index in [9.17, 15) is 9.59 Å². The molecule has 2 aromatic rings. The molecule has 0 saturated heterocycles. The molecule has 0 spiro atoms. The van der Waals surface area contributed by atoms with Gasteiger partial charge in [-0.2, -0.15) is 0 Å². The van der Waals surface area contributed by atoms with Gasteiger partial charge in [0.1, 0.15) is 5.75 Å². The lowest BCUT2D eigenvalue weighted by Gasteiger charge is -2.27. The van der Waals surface area contributed by atoms with Crippen molar-refractivity contribution in [1.29, 1.82) is 0 Å². The number of benzene rings is 1. The fraction of sp³-hybridized carbons (Fsp3) is 0.429. The van der Waals surface area contributed by atoms with E-state index < -0.39 is 5.97 Å². The summed E-state index contributed by atoms with van der Waals surface area (Å²) in [5, 5.41) is 0. The van der Waals surface area contributed by atoms with E-state index in [4.69, 9.17) is 9.47 Å². The number of nitrogens with one attached hydrogen (secondary N) is 1. The molecule has 0 bridgehead atoms. The van der Waals surface area contributed by atoms with Crippen molar-refractivity contribution < 1.29 is 14.3 Å². The number of aromatic nitrogens is 1. The van der Waals surface area contributed by atoms with Crippen LogP contribution in [0, 0.1) is 0 Å². The fourth-order valence-electron chi connectivity index (χ4n) is 3.18. The standard InChI is InChI=1S/C21H27NO4/c1-7-9-14-17(20(24)26-6)15(13-10-8-11-22-19(13)23)12-16(18(14)25-5)21(2,3)4/h8,10-12H,7,9H2,1-6H3,(H,22,23). The van der Waals surface area contributed by atoms with Crippen molar-refractivity contribution in [2.75, 3.05) is 14.2 Å². The molecule has 0 amide bonds. The van der Waals surface area contributed by atoms with E-state index in [1.54, 1.807) is 25.4 Å². The summed E-state index contributed by atoms with van der Waals surface area (Å²) in [5.41, 5.74) is 2.69. The molecule has 0 aliphatic rings. The predicted molar refractivity (Wildman–Crippen MR) is 103 cm³/mol. The zero-order valence-corrected chi connectivity index (χ0v) is 16.4. The van der Waals surface area contributed by atoms with Gasteiger partial charge in [-0.3, -0.25) is 4.79 Å². The highest BCUT2D eigenvalue weighted by Crippen LogP contribution is 2.41. The summed E-state index contributed by atoms with van der Waals surface area (Å²) in [6.45, 7) is 8.28. The third-order valence-corrected chi connectivity index (χ3v) is 4.39. The molecule has 0 unspecified atom stereocenters. The minimum Gasteiger partial charge on any atom is -0.496 e. The van der Waals surface area contributed by atoms with Crippen LogP contribution in [0.15, 0.2) is 29.2 Å². The molecule has 0 radical (unpaired) electrons. The zero-order valence-electron chi connectivity index (χ0n) is 16.4. The molecule has 0 atom stereocenters. The number of rotatable bonds is 5. The maximum Gasteiger partial charge on any atom is 0.338 e. The van der Waals surface area contributed by atoms with Crippen molar-refractivity contribution in [3.8, 4) is 16.9 Å². The third kappa shape index (κ3) is 3.66. The zero-order chi connectivity index (χ0) is 19.5. The van der Waals surface area contributed by atoms with Crippen LogP contribution in [0.25, 0.3) is 11.1 Å². The molecule has 1 N–H and O–H groups in total. The topological polar surface area (TPSA) is 68.4 Å². The minimum absolute atomic E-state index is 0.223. The number of esters is 1. The van der Waals surface area contributed by atoms with Gasteiger partial charge in [0.25, 0.3) is 5.56 Å². The van der Waals surface area contributed by atoms with Crippen LogP contribution in [0.2, 0.25) is 0 Å². The summed E-state index contributed by atoms with van der Waals surface area (Å²) >= 11 is 0. The summed E-state index contributed by atoms with van der Waals surface area (Å²) in [7, 11) is 2.96. The first kappa shape index (κ1) is 19.8. The summed E-state index contributed by atoms with van der Waals surface area (Å²) in [5.74, 6) is 0.223. The van der Waals surface area contributed by atoms with E-state index in [0.29, 0.717) is 28.9 Å². The molecule has 140 valence electrons. The Kier molecular flexibility index (Phi) is 5.90. The minimum atomic E-state index is -0.467. The molecule has 5 nitrogen and oxygen atoms in total. The van der Waals surface area contributed by atoms with Crippen LogP contribution in [-0.4, -0.2) is 25.2 Å². The Bertz CT molecular complexity index is 859. The van der Waals surface area contributed by atoms with Crippen molar-refractivity contribution in [1.82, 2.24) is 4.98 Å². The second-order valence-electron chi connectivity index (χ2n) is 7.26. The average molecular weight is 357 g/mol. The lowest BCUT2D eigenvalue weighted by molar-refractivity contribution is 0.0599. The highest BCUT2D eigenvalue weighted by atomic mass is 16.5. The quantitative estimate of drug-likeness (QED) is 0.819. The Labute approximate surface area is 154 Å². The van der Waals surface area contributed by atoms with Crippen LogP contribution in [0.1, 0.15) is 55.6 Å². The average Bonchev–Trinajstić information content (AvgIpc) is 2.60. The van der Waals surface area contributed by atoms with Crippen molar-refractivity contribution in [3.05, 3.63) is 51.4 Å². The first-order valence-electron chi connectivity index (χ1n) is 8.77. The Morgan fingerprint density at radius 2 is 1.88 bits per heavy atom. The second kappa shape index (κ2) is 7.77. The Balaban J connectivity index is 3.02. The van der Waals surface area contributed by atoms with E-state index >= 15 is 0 Å². The van der Waals surface area contributed by atoms with E-state index in [2.05, 4.69) is 25.8 Å². The molecule has 1 aromatic heterocycles. The van der Waals surface area contributed by atoms with Gasteiger partial charge in [-0.25, -0.2) is 4.79 Å². The summed E-state index contributed by atoms with van der Waals surface area (Å²) < 4.78 is 10.8. The summed E-state index contributed by atoms with van der Waals surface area (Å²) in [4.78, 5) is 27.8. The van der Waals surface area contributed by atoms with Crippen LogP contribution in [0.5, 0.6) is 5.75 Å². The van der Waals surface area contributed by atoms with Crippen molar-refractivity contribution in [2.24, 2.45) is 0 Å². The Hall–Kier alpha value is -2.56. The van der Waals surface area contributed by atoms with Gasteiger partial charge in [0.2, 0.25) is 0 Å². The second-order valence-corrected chi connectivity index (χ2v) is 7.26. The lowest BCUT2D eigenvalue weighted by atomic mass is 9.80. The first-order valence-corrected chi connectivity index (χ1v) is 8.77. The maximum atomic E-state index is 12.7. The molecule has 0 aliphatic heterocycles. The molecule has 5 heteroatoms. The highest BCUT2D eigenvalue weighted by molar-refractivity contribution is 6.00. The van der Waals surface area contributed by atoms with E-state index in [1.165, 1.54) is 7.11 Å². The lowest BCUT2D eigenvalue weighted by Crippen LogP contribution is -2.19. The number of carbonyl (C=O) groups is 1. The third-order valence-electron chi connectivity index (χ3n) is 4.39. The fourth-order valence-corrected chi connectivity index (χ4v) is 3.18. The van der Waals surface area contributed by atoms with Crippen molar-refractivity contribution in [2.45, 2.75) is 46.0 Å². The van der Waals surface area contributed by atoms with E-state index in [-0.39, 0.29) is 11.0 Å². The van der Waals surface area contributed by atoms with Crippen molar-refractivity contribution >= 4 is 5.97 Å². The van der Waals surface area contributed by atoms with Gasteiger partial charge in [-0.15, -0.1) is 0 Å². The van der Waals surface area contributed by atoms with Gasteiger partial charge in [0, 0.05) is 28.5 Å². The monoisotopic (exact) mass is 357 g/mol. The number of pyridine rings is 1. The predicted octanol–water partition coefficient (Wildman–Crippen LogP) is 4.09. The number of aromatic amines is 1. The van der Waals surface area contributed by atoms with Crippen LogP contribution < -0.4 is 10.3 Å². The Morgan fingerprint density at radius 1 is 1.19 bits per heavy atom. The van der Waals surface area contributed by atoms with E-state index in [1.807, 2.05) is 13.0 Å². The van der Waals surface area contributed by atoms with Gasteiger partial charge in [0.05, 0.1) is 19.8 Å². The largest absolute Gasteiger partial charge is 0.496 e. The SMILES string of the molecule is CCCc1c(OC)c(C(C)(C)C)cc(-c2ccc[nH]c2=O)c1C(=O)OC. The smallest absolute Gasteiger partial charge is 0.338 e. The summed E-state index contributed by atoms with van der Waals surface area (Å²) in [6, 6.07) is 5.35. The molecule has 1 heterocycles. The molecule has 0 fully saturated rings. The van der Waals surface area contributed by atoms with Crippen LogP contribution in [0.3, 0.4) is 0 Å². The normalized spacial score (nSPS) is 11.3. The Morgan fingerprint density at radius 3 is 2.38 bits per heavy atom. The van der Waals surface area contributed by atoms with Gasteiger partial charge >= 0.3 is 5.97 Å². The van der Waals surface area contributed by atoms with Crippen LogP contribution in [0.4, 0.5) is 0 Å². The van der Waals surface area contributed by atoms with Gasteiger partial charge in [0.15, 0.2) is 0 Å². The van der Waals surface area contributed by atoms with Crippen molar-refractivity contribution in [3.63, 3.8) is 0 Å². The number of hydrogen-bond acceptors (Lipinski definition) is 4. The molecular formula is C21H27NO4. The number of methoxy groups -OCH3 is 2. The molecule has 26 heavy (non-hydrogen) atoms. The molecule has 2 rings (SSSR count). The molecule has 1 aromatic carbocycles. The van der Waals surface area contributed by atoms with Gasteiger partial charge in [-0.05, 0) is 30.0 Å². The highest BCUT2D eigenvalue weighted by Gasteiger charge is 2.29. The van der Waals surface area contributed by atoms with E-state index in [0.717, 1.165) is 17.5 Å². The number of ether oxygens (including phenoxy) is 2. The summed E-state index contributed by atoms with van der Waals surface area (Å²) in [6.07, 6.45) is 3.05. The van der Waals surface area contributed by atoms with Crippen LogP contribution in [-0.2, 0) is 16.6 Å². The number of H-pyrrole nitrogens is 1. The first-order chi connectivity index (χ1) is 12.3. The molecular weight excluding hydrogens is 330 g/mol. The number of hydrogen-bond donors (Lipinski definition) is 1. The van der Waals surface area contributed by atoms with Crippen LogP contribution >= 0.6 is 0 Å². The maximum absolute atomic E-state index is 12.7. The van der Waals surface area contributed by atoms with Gasteiger partial charge in [-0.1, -0.05) is 34.1 Å². The number of carbonyl (C=O) groups excluding carboxylic acids is 1. The molecule has 0 aliphatic carbocycles.